The summed E-state index contributed by atoms with van der Waals surface area (Å²) in [7, 11) is 0. The molecule has 0 unspecified atom stereocenters. The Morgan fingerprint density at radius 3 is 0.960 bits per heavy atom. The summed E-state index contributed by atoms with van der Waals surface area (Å²) < 4.78 is 0. The molecule has 75 heavy (non-hydrogen) atoms. The largest absolute Gasteiger partial charge is 0.310 e. The van der Waals surface area contributed by atoms with E-state index >= 15 is 0 Å². The lowest BCUT2D eigenvalue weighted by molar-refractivity contribution is 0.809. The Morgan fingerprint density at radius 2 is 0.627 bits per heavy atom. The number of nitrogens with zero attached hydrogens (tertiary/aromatic N) is 2. The summed E-state index contributed by atoms with van der Waals surface area (Å²) in [5, 5.41) is 5.04. The molecule has 0 N–H and O–H groups in total. The smallest absolute Gasteiger partial charge is 0.0737 e. The molecule has 0 heterocycles. The summed E-state index contributed by atoms with van der Waals surface area (Å²) in [5.41, 5.74) is 33.3. The van der Waals surface area contributed by atoms with Gasteiger partial charge in [-0.3, -0.25) is 0 Å². The molecule has 1 spiro atoms. The second-order valence-corrected chi connectivity index (χ2v) is 23.0. The molecule has 12 rings (SSSR count). The quantitative estimate of drug-likeness (QED) is 0.150. The van der Waals surface area contributed by atoms with Crippen LogP contribution < -0.4 is 9.80 Å². The summed E-state index contributed by atoms with van der Waals surface area (Å²) >= 11 is 0. The van der Waals surface area contributed by atoms with Crippen LogP contribution in [0.25, 0.3) is 43.8 Å². The van der Waals surface area contributed by atoms with E-state index in [9.17, 15) is 0 Å². The fourth-order valence-corrected chi connectivity index (χ4v) is 14.2. The van der Waals surface area contributed by atoms with Crippen molar-refractivity contribution in [3.63, 3.8) is 0 Å². The van der Waals surface area contributed by atoms with Gasteiger partial charge in [0, 0.05) is 34.1 Å². The highest BCUT2D eigenvalue weighted by atomic mass is 15.1. The summed E-state index contributed by atoms with van der Waals surface area (Å²) in [6.07, 6.45) is 0. The third-order valence-electron chi connectivity index (χ3n) is 17.7. The zero-order valence-corrected chi connectivity index (χ0v) is 46.6. The number of benzene rings is 10. The van der Waals surface area contributed by atoms with Gasteiger partial charge in [-0.05, 0) is 287 Å². The van der Waals surface area contributed by atoms with Gasteiger partial charge < -0.3 is 9.80 Å². The number of aryl methyl sites for hydroxylation is 8. The molecule has 0 aliphatic heterocycles. The average molecular weight is 975 g/mol. The summed E-state index contributed by atoms with van der Waals surface area (Å²) in [5.74, 6) is 0.896. The van der Waals surface area contributed by atoms with E-state index in [4.69, 9.17) is 0 Å². The molecule has 2 aliphatic rings. The van der Waals surface area contributed by atoms with Gasteiger partial charge in [0.15, 0.2) is 0 Å². The zero-order chi connectivity index (χ0) is 52.5. The van der Waals surface area contributed by atoms with Crippen molar-refractivity contribution < 1.29 is 0 Å². The normalized spacial score (nSPS) is 13.0. The first-order valence-corrected chi connectivity index (χ1v) is 27.3. The van der Waals surface area contributed by atoms with E-state index in [2.05, 4.69) is 264 Å². The molecular formula is C73H70N2. The number of rotatable bonds is 8. The lowest BCUT2D eigenvalue weighted by Crippen LogP contribution is -2.26. The van der Waals surface area contributed by atoms with Gasteiger partial charge in [0.05, 0.1) is 5.41 Å². The van der Waals surface area contributed by atoms with Crippen LogP contribution in [0.5, 0.6) is 0 Å². The standard InChI is InChI=1S/C73H70N2/c1-41(2)69-47(9)35-59(36-48(69)10)74(57-31-43(5)51(13)44(6)32-57)55-25-29-61-53(39-55)23-27-65-66-28-24-54-40-56(75(58-33-45(7)52(14)46(8)34-58)60-37-49(11)70(42(3)4)50(12)38-60)26-30-62(54)72(66)73(71(61)65)67-21-17-15-19-63(67)64-20-16-18-22-68(64)73/h15-42H,1-14H3. The zero-order valence-electron chi connectivity index (χ0n) is 46.6. The number of hydrogen-bond acceptors (Lipinski definition) is 2. The molecule has 0 radical (unpaired) electrons. The third kappa shape index (κ3) is 7.27. The van der Waals surface area contributed by atoms with Crippen molar-refractivity contribution >= 4 is 55.7 Å². The summed E-state index contributed by atoms with van der Waals surface area (Å²) in [4.78, 5) is 4.99. The first kappa shape index (κ1) is 48.3. The van der Waals surface area contributed by atoms with E-state index in [-0.39, 0.29) is 0 Å². The van der Waals surface area contributed by atoms with E-state index in [1.54, 1.807) is 0 Å². The van der Waals surface area contributed by atoms with Gasteiger partial charge in [0.25, 0.3) is 0 Å². The Labute approximate surface area is 446 Å². The molecule has 2 heteroatoms. The van der Waals surface area contributed by atoms with E-state index in [0.29, 0.717) is 11.8 Å². The Balaban J connectivity index is 1.10. The van der Waals surface area contributed by atoms with Gasteiger partial charge in [0.1, 0.15) is 0 Å². The van der Waals surface area contributed by atoms with Crippen molar-refractivity contribution in [2.24, 2.45) is 0 Å². The molecule has 0 atom stereocenters. The molecule has 0 saturated heterocycles. The molecule has 2 nitrogen and oxygen atoms in total. The number of hydrogen-bond donors (Lipinski definition) is 0. The second kappa shape index (κ2) is 17.7. The highest BCUT2D eigenvalue weighted by molar-refractivity contribution is 6.10. The van der Waals surface area contributed by atoms with Crippen LogP contribution in [0.2, 0.25) is 0 Å². The Bertz CT molecular complexity index is 3670. The highest BCUT2D eigenvalue weighted by Crippen LogP contribution is 2.65. The van der Waals surface area contributed by atoms with Crippen molar-refractivity contribution in [1.82, 2.24) is 0 Å². The highest BCUT2D eigenvalue weighted by Gasteiger charge is 2.53. The van der Waals surface area contributed by atoms with Crippen molar-refractivity contribution in [3.05, 3.63) is 247 Å². The van der Waals surface area contributed by atoms with Crippen molar-refractivity contribution in [2.45, 2.75) is 114 Å². The van der Waals surface area contributed by atoms with Gasteiger partial charge in [-0.2, -0.15) is 0 Å². The third-order valence-corrected chi connectivity index (χ3v) is 17.7. The van der Waals surface area contributed by atoms with E-state index in [1.165, 1.54) is 156 Å². The number of anilines is 6. The Morgan fingerprint density at radius 1 is 0.307 bits per heavy atom. The minimum Gasteiger partial charge on any atom is -0.310 e. The Kier molecular flexibility index (Phi) is 11.4. The minimum atomic E-state index is -0.558. The maximum absolute atomic E-state index is 2.50. The van der Waals surface area contributed by atoms with Crippen LogP contribution in [-0.4, -0.2) is 0 Å². The van der Waals surface area contributed by atoms with Crippen LogP contribution in [0, 0.1) is 69.2 Å². The van der Waals surface area contributed by atoms with Crippen LogP contribution in [0.1, 0.15) is 129 Å². The second-order valence-electron chi connectivity index (χ2n) is 23.0. The van der Waals surface area contributed by atoms with Crippen molar-refractivity contribution in [3.8, 4) is 22.3 Å². The molecular weight excluding hydrogens is 905 g/mol. The molecule has 0 saturated carbocycles. The average Bonchev–Trinajstić information content (AvgIpc) is 3.89. The molecule has 0 amide bonds. The first-order valence-electron chi connectivity index (χ1n) is 27.3. The summed E-state index contributed by atoms with van der Waals surface area (Å²) in [6, 6.07) is 61.8. The van der Waals surface area contributed by atoms with Gasteiger partial charge in [-0.1, -0.05) is 113 Å². The van der Waals surface area contributed by atoms with Crippen molar-refractivity contribution in [1.29, 1.82) is 0 Å². The number of fused-ring (bicyclic) bond motifs is 14. The maximum Gasteiger partial charge on any atom is 0.0737 e. The monoisotopic (exact) mass is 975 g/mol. The lowest BCUT2D eigenvalue weighted by atomic mass is 9.68. The summed E-state index contributed by atoms with van der Waals surface area (Å²) in [6.45, 7) is 31.9. The fourth-order valence-electron chi connectivity index (χ4n) is 14.2. The minimum absolute atomic E-state index is 0.448. The van der Waals surface area contributed by atoms with Crippen LogP contribution in [0.4, 0.5) is 34.1 Å². The fraction of sp³-hybridized carbons (Fsp3) is 0.233. The SMILES string of the molecule is Cc1cc(N(c2cc(C)c(C(C)C)c(C)c2)c2ccc3c4c(ccc3c2)-c2ccc3cc(N(c5cc(C)c(C)c(C)c5)c5cc(C)c(C(C)C)c(C)c5)ccc3c2C42c3ccccc3-c3ccccc32)cc(C)c1C. The molecule has 372 valence electrons. The molecule has 0 fully saturated rings. The van der Waals surface area contributed by atoms with E-state index in [0.717, 1.165) is 11.4 Å². The topological polar surface area (TPSA) is 6.48 Å². The molecule has 0 bridgehead atoms. The van der Waals surface area contributed by atoms with Gasteiger partial charge in [-0.25, -0.2) is 0 Å². The molecule has 0 aromatic heterocycles. The first-order chi connectivity index (χ1) is 36.0. The van der Waals surface area contributed by atoms with Crippen molar-refractivity contribution in [2.75, 3.05) is 9.80 Å². The molecule has 10 aromatic rings. The van der Waals surface area contributed by atoms with Gasteiger partial charge in [-0.15, -0.1) is 0 Å². The maximum atomic E-state index is 2.50. The van der Waals surface area contributed by atoms with Crippen LogP contribution in [0.15, 0.2) is 158 Å². The predicted octanol–water partition coefficient (Wildman–Crippen LogP) is 20.6. The predicted molar refractivity (Wildman–Crippen MR) is 323 cm³/mol. The van der Waals surface area contributed by atoms with Crippen LogP contribution in [-0.2, 0) is 5.41 Å². The molecule has 2 aliphatic carbocycles. The molecule has 10 aromatic carbocycles. The Hall–Kier alpha value is -7.68. The van der Waals surface area contributed by atoms with E-state index < -0.39 is 5.41 Å². The lowest BCUT2D eigenvalue weighted by Gasteiger charge is -2.33. The van der Waals surface area contributed by atoms with Crippen LogP contribution in [0.3, 0.4) is 0 Å². The van der Waals surface area contributed by atoms with Crippen LogP contribution >= 0.6 is 0 Å². The van der Waals surface area contributed by atoms with E-state index in [1.807, 2.05) is 0 Å². The van der Waals surface area contributed by atoms with Gasteiger partial charge >= 0.3 is 0 Å². The van der Waals surface area contributed by atoms with Gasteiger partial charge in [0.2, 0.25) is 0 Å².